The van der Waals surface area contributed by atoms with E-state index in [1.807, 2.05) is 103 Å². The first-order chi connectivity index (χ1) is 13.5. The minimum Gasteiger partial charge on any atom is -0.304 e. The van der Waals surface area contributed by atoms with Gasteiger partial charge in [0, 0.05) is 12.5 Å². The maximum atomic E-state index is 13.6. The lowest BCUT2D eigenvalue weighted by Crippen LogP contribution is -2.20. The average Bonchev–Trinajstić information content (AvgIpc) is 3.28. The zero-order valence-corrected chi connectivity index (χ0v) is 16.6. The Morgan fingerprint density at radius 3 is 1.71 bits per heavy atom. The summed E-state index contributed by atoms with van der Waals surface area (Å²) in [4.78, 5) is 27.0. The van der Waals surface area contributed by atoms with E-state index >= 15 is 0 Å². The largest absolute Gasteiger partial charge is 0.304 e. The Kier molecular flexibility index (Phi) is 4.60. The zero-order chi connectivity index (χ0) is 19.8. The van der Waals surface area contributed by atoms with Gasteiger partial charge >= 0.3 is 0 Å². The van der Waals surface area contributed by atoms with Crippen molar-refractivity contribution in [2.75, 3.05) is 0 Å². The fourth-order valence-electron chi connectivity index (χ4n) is 4.08. The topological polar surface area (TPSA) is 37.1 Å². The molecule has 1 saturated heterocycles. The predicted molar refractivity (Wildman–Crippen MR) is 113 cm³/mol. The standard InChI is InChI=1S/C24H21NO2S/c1-18(26)28-24(21-16-10-5-11-17-21)23(2,20-14-8-4-9-15-20)25(24)22(27)19-12-6-3-7-13-19/h3-17H,1-2H3. The molecule has 0 bridgehead atoms. The number of nitrogens with zero attached hydrogens (tertiary/aromatic N) is 1. The third kappa shape index (κ3) is 2.68. The monoisotopic (exact) mass is 387 g/mol. The zero-order valence-electron chi connectivity index (χ0n) is 15.8. The van der Waals surface area contributed by atoms with Crippen LogP contribution in [0.3, 0.4) is 0 Å². The smallest absolute Gasteiger partial charge is 0.256 e. The van der Waals surface area contributed by atoms with Gasteiger partial charge in [-0.05, 0) is 30.2 Å². The van der Waals surface area contributed by atoms with Gasteiger partial charge in [0.25, 0.3) is 5.91 Å². The van der Waals surface area contributed by atoms with Gasteiger partial charge in [0.2, 0.25) is 0 Å². The highest BCUT2D eigenvalue weighted by atomic mass is 32.2. The molecule has 3 aromatic rings. The van der Waals surface area contributed by atoms with Crippen molar-refractivity contribution >= 4 is 22.8 Å². The van der Waals surface area contributed by atoms with Crippen LogP contribution in [0, 0.1) is 0 Å². The third-order valence-corrected chi connectivity index (χ3v) is 6.79. The number of carbonyl (C=O) groups excluding carboxylic acids is 2. The van der Waals surface area contributed by atoms with Crippen LogP contribution in [-0.4, -0.2) is 15.9 Å². The van der Waals surface area contributed by atoms with Gasteiger partial charge in [-0.3, -0.25) is 9.59 Å². The van der Waals surface area contributed by atoms with Crippen LogP contribution >= 0.6 is 11.8 Å². The summed E-state index contributed by atoms with van der Waals surface area (Å²) in [6.45, 7) is 3.61. The SMILES string of the molecule is CC(=O)SC1(c2ccccc2)N(C(=O)c2ccccc2)C1(C)c1ccccc1. The van der Waals surface area contributed by atoms with Crippen LogP contribution in [0.4, 0.5) is 0 Å². The van der Waals surface area contributed by atoms with Gasteiger partial charge in [0.1, 0.15) is 10.4 Å². The Morgan fingerprint density at radius 1 is 0.750 bits per heavy atom. The van der Waals surface area contributed by atoms with E-state index < -0.39 is 10.4 Å². The van der Waals surface area contributed by atoms with Gasteiger partial charge in [-0.2, -0.15) is 0 Å². The number of carbonyl (C=O) groups is 2. The Balaban J connectivity index is 1.93. The molecule has 4 heteroatoms. The molecular formula is C24H21NO2S. The Hall–Kier alpha value is -2.85. The molecule has 2 atom stereocenters. The van der Waals surface area contributed by atoms with Crippen LogP contribution in [-0.2, 0) is 15.2 Å². The van der Waals surface area contributed by atoms with Crippen molar-refractivity contribution in [2.24, 2.45) is 0 Å². The van der Waals surface area contributed by atoms with Crippen molar-refractivity contribution in [3.63, 3.8) is 0 Å². The third-order valence-electron chi connectivity index (χ3n) is 5.39. The lowest BCUT2D eigenvalue weighted by molar-refractivity contribution is -0.109. The summed E-state index contributed by atoms with van der Waals surface area (Å²) in [5.74, 6) is -0.0791. The molecule has 0 radical (unpaired) electrons. The second kappa shape index (κ2) is 6.95. The quantitative estimate of drug-likeness (QED) is 0.578. The van der Waals surface area contributed by atoms with Crippen molar-refractivity contribution < 1.29 is 9.59 Å². The molecule has 1 aliphatic rings. The second-order valence-electron chi connectivity index (χ2n) is 7.05. The van der Waals surface area contributed by atoms with Crippen LogP contribution in [0.1, 0.15) is 35.3 Å². The normalized spacial score (nSPS) is 23.3. The van der Waals surface area contributed by atoms with Crippen LogP contribution in [0.2, 0.25) is 0 Å². The molecule has 3 nitrogen and oxygen atoms in total. The summed E-state index contributed by atoms with van der Waals surface area (Å²) >= 11 is 1.22. The van der Waals surface area contributed by atoms with E-state index in [1.54, 1.807) is 6.92 Å². The minimum atomic E-state index is -0.783. The molecule has 28 heavy (non-hydrogen) atoms. The van der Waals surface area contributed by atoms with Crippen molar-refractivity contribution in [1.29, 1.82) is 0 Å². The molecule has 140 valence electrons. The van der Waals surface area contributed by atoms with Crippen molar-refractivity contribution in [1.82, 2.24) is 4.90 Å². The Bertz CT molecular complexity index is 1010. The fourth-order valence-corrected chi connectivity index (χ4v) is 5.47. The van der Waals surface area contributed by atoms with Crippen LogP contribution in [0.5, 0.6) is 0 Å². The Labute approximate surface area is 169 Å². The summed E-state index contributed by atoms with van der Waals surface area (Å²) in [5.41, 5.74) is 1.94. The van der Waals surface area contributed by atoms with Gasteiger partial charge < -0.3 is 4.90 Å². The molecule has 0 aliphatic carbocycles. The maximum absolute atomic E-state index is 13.6. The van der Waals surface area contributed by atoms with Crippen molar-refractivity contribution in [3.05, 3.63) is 108 Å². The molecular weight excluding hydrogens is 366 g/mol. The van der Waals surface area contributed by atoms with Crippen LogP contribution < -0.4 is 0 Å². The summed E-state index contributed by atoms with van der Waals surface area (Å²) in [6, 6.07) is 29.0. The van der Waals surface area contributed by atoms with Gasteiger partial charge in [0.15, 0.2) is 5.12 Å². The number of benzene rings is 3. The van der Waals surface area contributed by atoms with E-state index in [0.717, 1.165) is 11.1 Å². The highest BCUT2D eigenvalue weighted by molar-refractivity contribution is 8.14. The molecule has 1 heterocycles. The molecule has 0 N–H and O–H groups in total. The molecule has 0 spiro atoms. The van der Waals surface area contributed by atoms with E-state index in [9.17, 15) is 9.59 Å². The molecule has 0 aromatic heterocycles. The summed E-state index contributed by atoms with van der Waals surface area (Å²) in [6.07, 6.45) is 0. The molecule has 0 saturated carbocycles. The fraction of sp³-hybridized carbons (Fsp3) is 0.167. The number of hydrogen-bond acceptors (Lipinski definition) is 3. The minimum absolute atomic E-state index is 0.0191. The van der Waals surface area contributed by atoms with E-state index in [4.69, 9.17) is 0 Å². The van der Waals surface area contributed by atoms with Gasteiger partial charge in [-0.15, -0.1) is 0 Å². The number of amides is 1. The van der Waals surface area contributed by atoms with Crippen molar-refractivity contribution in [2.45, 2.75) is 24.3 Å². The number of rotatable bonds is 4. The lowest BCUT2D eigenvalue weighted by Gasteiger charge is -2.18. The van der Waals surface area contributed by atoms with E-state index in [1.165, 1.54) is 11.8 Å². The summed E-state index contributed by atoms with van der Waals surface area (Å²) in [5, 5.41) is -0.0191. The van der Waals surface area contributed by atoms with E-state index in [2.05, 4.69) is 0 Å². The second-order valence-corrected chi connectivity index (χ2v) is 8.42. The van der Waals surface area contributed by atoms with Crippen LogP contribution in [0.25, 0.3) is 0 Å². The molecule has 3 aromatic carbocycles. The lowest BCUT2D eigenvalue weighted by atomic mass is 9.93. The number of thioether (sulfide) groups is 1. The summed E-state index contributed by atoms with van der Waals surface area (Å²) < 4.78 is 0. The highest BCUT2D eigenvalue weighted by Gasteiger charge is 2.77. The first kappa shape index (κ1) is 18.5. The van der Waals surface area contributed by atoms with Crippen molar-refractivity contribution in [3.8, 4) is 0 Å². The molecule has 1 fully saturated rings. The van der Waals surface area contributed by atoms with Gasteiger partial charge in [-0.25, -0.2) is 0 Å². The van der Waals surface area contributed by atoms with E-state index in [0.29, 0.717) is 5.56 Å². The first-order valence-corrected chi connectivity index (χ1v) is 10.0. The molecule has 1 amide bonds. The maximum Gasteiger partial charge on any atom is 0.256 e. The van der Waals surface area contributed by atoms with Gasteiger partial charge in [0.05, 0.1) is 0 Å². The number of hydrogen-bond donors (Lipinski definition) is 0. The Morgan fingerprint density at radius 2 is 1.21 bits per heavy atom. The van der Waals surface area contributed by atoms with Gasteiger partial charge in [-0.1, -0.05) is 90.6 Å². The molecule has 1 aliphatic heterocycles. The molecule has 2 unspecified atom stereocenters. The van der Waals surface area contributed by atoms with E-state index in [-0.39, 0.29) is 11.0 Å². The predicted octanol–water partition coefficient (Wildman–Crippen LogP) is 5.19. The average molecular weight is 388 g/mol. The summed E-state index contributed by atoms with van der Waals surface area (Å²) in [7, 11) is 0. The highest BCUT2D eigenvalue weighted by Crippen LogP contribution is 2.71. The first-order valence-electron chi connectivity index (χ1n) is 9.22. The molecule has 4 rings (SSSR count). The van der Waals surface area contributed by atoms with Crippen LogP contribution in [0.15, 0.2) is 91.0 Å².